The molecular formula is C11H10N4S3. The monoisotopic (exact) mass is 294 g/mol. The largest absolute Gasteiger partial charge is 0.374 e. The van der Waals surface area contributed by atoms with Gasteiger partial charge in [0, 0.05) is 0 Å². The van der Waals surface area contributed by atoms with Crippen LogP contribution in [-0.4, -0.2) is 15.2 Å². The number of nitrogens with two attached hydrogens (primary N) is 1. The summed E-state index contributed by atoms with van der Waals surface area (Å²) >= 11 is 4.77. The second-order valence-corrected chi connectivity index (χ2v) is 6.53. The Labute approximate surface area is 116 Å². The van der Waals surface area contributed by atoms with E-state index in [1.54, 1.807) is 22.7 Å². The molecule has 4 nitrogen and oxygen atoms in total. The third-order valence-corrected chi connectivity index (χ3v) is 5.44. The first kappa shape index (κ1) is 11.8. The SMILES string of the molecule is CCc1nc(-c2cccs2)sc1-c1nnc(N)s1. The van der Waals surface area contributed by atoms with Crippen LogP contribution in [0.15, 0.2) is 17.5 Å². The van der Waals surface area contributed by atoms with E-state index in [0.29, 0.717) is 5.13 Å². The Morgan fingerprint density at radius 1 is 1.22 bits per heavy atom. The van der Waals surface area contributed by atoms with Crippen molar-refractivity contribution >= 4 is 39.1 Å². The number of nitrogen functional groups attached to an aromatic ring is 1. The molecule has 3 aromatic heterocycles. The van der Waals surface area contributed by atoms with Crippen LogP contribution in [0, 0.1) is 0 Å². The molecule has 0 radical (unpaired) electrons. The molecule has 0 unspecified atom stereocenters. The molecule has 0 amide bonds. The number of aromatic nitrogens is 3. The molecule has 92 valence electrons. The molecule has 2 N–H and O–H groups in total. The lowest BCUT2D eigenvalue weighted by molar-refractivity contribution is 1.06. The van der Waals surface area contributed by atoms with E-state index in [1.807, 2.05) is 6.07 Å². The Balaban J connectivity index is 2.09. The van der Waals surface area contributed by atoms with E-state index in [0.717, 1.165) is 27.0 Å². The van der Waals surface area contributed by atoms with Crippen LogP contribution in [0.5, 0.6) is 0 Å². The van der Waals surface area contributed by atoms with Gasteiger partial charge in [0.05, 0.1) is 15.4 Å². The summed E-state index contributed by atoms with van der Waals surface area (Å²) in [6.45, 7) is 2.10. The van der Waals surface area contributed by atoms with Gasteiger partial charge in [0.25, 0.3) is 0 Å². The Kier molecular flexibility index (Phi) is 3.11. The van der Waals surface area contributed by atoms with Gasteiger partial charge in [-0.3, -0.25) is 0 Å². The number of hydrogen-bond acceptors (Lipinski definition) is 7. The van der Waals surface area contributed by atoms with Gasteiger partial charge in [0.2, 0.25) is 5.13 Å². The molecule has 0 aliphatic carbocycles. The van der Waals surface area contributed by atoms with E-state index < -0.39 is 0 Å². The van der Waals surface area contributed by atoms with E-state index >= 15 is 0 Å². The molecule has 7 heteroatoms. The average Bonchev–Trinajstić information content (AvgIpc) is 3.07. The second kappa shape index (κ2) is 4.75. The van der Waals surface area contributed by atoms with Gasteiger partial charge in [-0.05, 0) is 17.9 Å². The lowest BCUT2D eigenvalue weighted by Gasteiger charge is -1.91. The summed E-state index contributed by atoms with van der Waals surface area (Å²) in [6, 6.07) is 4.12. The van der Waals surface area contributed by atoms with Crippen molar-refractivity contribution in [1.82, 2.24) is 15.2 Å². The number of aryl methyl sites for hydroxylation is 1. The quantitative estimate of drug-likeness (QED) is 0.802. The van der Waals surface area contributed by atoms with Gasteiger partial charge in [-0.1, -0.05) is 24.3 Å². The summed E-state index contributed by atoms with van der Waals surface area (Å²) in [5.74, 6) is 0. The van der Waals surface area contributed by atoms with E-state index in [4.69, 9.17) is 5.73 Å². The van der Waals surface area contributed by atoms with Gasteiger partial charge in [0.15, 0.2) is 5.01 Å². The predicted molar refractivity (Wildman–Crippen MR) is 78.1 cm³/mol. The maximum Gasteiger partial charge on any atom is 0.203 e. The topological polar surface area (TPSA) is 64.7 Å². The van der Waals surface area contributed by atoms with Crippen molar-refractivity contribution in [2.45, 2.75) is 13.3 Å². The predicted octanol–water partition coefficient (Wildman–Crippen LogP) is 3.53. The third-order valence-electron chi connectivity index (χ3n) is 2.40. The summed E-state index contributed by atoms with van der Waals surface area (Å²) in [6.07, 6.45) is 0.886. The molecule has 3 rings (SSSR count). The van der Waals surface area contributed by atoms with E-state index in [1.165, 1.54) is 16.2 Å². The smallest absolute Gasteiger partial charge is 0.203 e. The average molecular weight is 294 g/mol. The molecular weight excluding hydrogens is 284 g/mol. The molecule has 3 aromatic rings. The third kappa shape index (κ3) is 2.05. The minimum Gasteiger partial charge on any atom is -0.374 e. The molecule has 3 heterocycles. The normalized spacial score (nSPS) is 10.9. The van der Waals surface area contributed by atoms with Crippen LogP contribution in [0.4, 0.5) is 5.13 Å². The number of anilines is 1. The number of nitrogens with zero attached hydrogens (tertiary/aromatic N) is 3. The fraction of sp³-hybridized carbons (Fsp3) is 0.182. The fourth-order valence-electron chi connectivity index (χ4n) is 1.59. The second-order valence-electron chi connectivity index (χ2n) is 3.57. The van der Waals surface area contributed by atoms with Gasteiger partial charge in [-0.15, -0.1) is 32.9 Å². The Hall–Kier alpha value is -1.31. The Morgan fingerprint density at radius 2 is 2.11 bits per heavy atom. The first-order chi connectivity index (χ1) is 8.78. The highest BCUT2D eigenvalue weighted by Gasteiger charge is 2.16. The van der Waals surface area contributed by atoms with Crippen molar-refractivity contribution in [2.75, 3.05) is 5.73 Å². The molecule has 0 fully saturated rings. The highest BCUT2D eigenvalue weighted by atomic mass is 32.1. The van der Waals surface area contributed by atoms with Crippen LogP contribution in [-0.2, 0) is 6.42 Å². The van der Waals surface area contributed by atoms with Gasteiger partial charge in [0.1, 0.15) is 5.01 Å². The number of thiophene rings is 1. The van der Waals surface area contributed by atoms with Gasteiger partial charge < -0.3 is 5.73 Å². The first-order valence-electron chi connectivity index (χ1n) is 5.41. The zero-order chi connectivity index (χ0) is 12.5. The summed E-state index contributed by atoms with van der Waals surface area (Å²) in [4.78, 5) is 6.97. The van der Waals surface area contributed by atoms with E-state index in [2.05, 4.69) is 33.6 Å². The highest BCUT2D eigenvalue weighted by Crippen LogP contribution is 2.38. The van der Waals surface area contributed by atoms with Crippen molar-refractivity contribution in [3.63, 3.8) is 0 Å². The van der Waals surface area contributed by atoms with Gasteiger partial charge >= 0.3 is 0 Å². The molecule has 0 atom stereocenters. The molecule has 0 bridgehead atoms. The van der Waals surface area contributed by atoms with Crippen LogP contribution in [0.2, 0.25) is 0 Å². The molecule has 18 heavy (non-hydrogen) atoms. The van der Waals surface area contributed by atoms with Crippen LogP contribution in [0.25, 0.3) is 19.8 Å². The zero-order valence-corrected chi connectivity index (χ0v) is 12.0. The van der Waals surface area contributed by atoms with Crippen molar-refractivity contribution in [3.8, 4) is 19.8 Å². The summed E-state index contributed by atoms with van der Waals surface area (Å²) < 4.78 is 0. The van der Waals surface area contributed by atoms with Crippen molar-refractivity contribution < 1.29 is 0 Å². The van der Waals surface area contributed by atoms with Crippen molar-refractivity contribution in [2.24, 2.45) is 0 Å². The molecule has 0 saturated heterocycles. The molecule has 0 aliphatic heterocycles. The zero-order valence-electron chi connectivity index (χ0n) is 9.58. The van der Waals surface area contributed by atoms with Crippen LogP contribution in [0.1, 0.15) is 12.6 Å². The standard InChI is InChI=1S/C11H10N4S3/c1-2-6-8(10-14-15-11(12)18-10)17-9(13-6)7-4-3-5-16-7/h3-5H,2H2,1H3,(H2,12,15). The lowest BCUT2D eigenvalue weighted by Crippen LogP contribution is -1.83. The number of thiazole rings is 1. The summed E-state index contributed by atoms with van der Waals surface area (Å²) in [5.41, 5.74) is 6.71. The van der Waals surface area contributed by atoms with Gasteiger partial charge in [-0.2, -0.15) is 0 Å². The highest BCUT2D eigenvalue weighted by molar-refractivity contribution is 7.26. The van der Waals surface area contributed by atoms with Crippen molar-refractivity contribution in [1.29, 1.82) is 0 Å². The van der Waals surface area contributed by atoms with E-state index in [-0.39, 0.29) is 0 Å². The fourth-order valence-corrected chi connectivity index (χ4v) is 4.24. The molecule has 0 spiro atoms. The summed E-state index contributed by atoms with van der Waals surface area (Å²) in [5, 5.41) is 12.4. The van der Waals surface area contributed by atoms with Crippen LogP contribution >= 0.6 is 34.0 Å². The Morgan fingerprint density at radius 3 is 2.72 bits per heavy atom. The number of hydrogen-bond donors (Lipinski definition) is 1. The first-order valence-corrected chi connectivity index (χ1v) is 7.92. The number of rotatable bonds is 3. The lowest BCUT2D eigenvalue weighted by atomic mass is 10.3. The molecule has 0 aromatic carbocycles. The summed E-state index contributed by atoms with van der Waals surface area (Å²) in [7, 11) is 0. The van der Waals surface area contributed by atoms with Crippen molar-refractivity contribution in [3.05, 3.63) is 23.2 Å². The maximum absolute atomic E-state index is 5.64. The maximum atomic E-state index is 5.64. The van der Waals surface area contributed by atoms with Crippen LogP contribution in [0.3, 0.4) is 0 Å². The minimum atomic E-state index is 0.498. The minimum absolute atomic E-state index is 0.498. The van der Waals surface area contributed by atoms with Gasteiger partial charge in [-0.25, -0.2) is 4.98 Å². The molecule has 0 aliphatic rings. The van der Waals surface area contributed by atoms with E-state index in [9.17, 15) is 0 Å². The molecule has 0 saturated carbocycles. The van der Waals surface area contributed by atoms with Crippen LogP contribution < -0.4 is 5.73 Å². The Bertz CT molecular complexity index is 654.